The molecule has 0 amide bonds. The van der Waals surface area contributed by atoms with Crippen LogP contribution in [0.4, 0.5) is 23.0 Å². The molecule has 6 rings (SSSR count). The number of aromatic amines is 1. The number of methoxy groups -OCH3 is 1. The number of piperidine rings is 1. The maximum absolute atomic E-state index is 9.45. The average molecular weight is 504 g/mol. The van der Waals surface area contributed by atoms with Gasteiger partial charge in [-0.2, -0.15) is 10.4 Å². The van der Waals surface area contributed by atoms with Crippen LogP contribution in [0.25, 0.3) is 11.2 Å². The predicted molar refractivity (Wildman–Crippen MR) is 141 cm³/mol. The van der Waals surface area contributed by atoms with Crippen LogP contribution in [-0.2, 0) is 9.47 Å². The highest BCUT2D eigenvalue weighted by atomic mass is 16.5. The molecule has 0 unspecified atom stereocenters. The molecule has 2 fully saturated rings. The lowest BCUT2D eigenvalue weighted by atomic mass is 9.73. The van der Waals surface area contributed by atoms with Gasteiger partial charge in [-0.15, -0.1) is 0 Å². The fourth-order valence-electron chi connectivity index (χ4n) is 5.96. The number of aromatic nitrogens is 4. The molecule has 3 aromatic rings. The summed E-state index contributed by atoms with van der Waals surface area (Å²) in [5.74, 6) is 1.59. The highest BCUT2D eigenvalue weighted by Crippen LogP contribution is 2.42. The normalized spacial score (nSPS) is 23.0. The molecule has 0 saturated carbocycles. The highest BCUT2D eigenvalue weighted by Gasteiger charge is 2.47. The maximum Gasteiger partial charge on any atom is 0.183 e. The molecule has 5 heterocycles. The molecule has 3 aliphatic heterocycles. The van der Waals surface area contributed by atoms with Gasteiger partial charge in [0.05, 0.1) is 48.5 Å². The first-order chi connectivity index (χ1) is 18.0. The molecule has 11 nitrogen and oxygen atoms in total. The van der Waals surface area contributed by atoms with Gasteiger partial charge in [0.1, 0.15) is 5.82 Å². The lowest BCUT2D eigenvalue weighted by Crippen LogP contribution is -2.50. The number of nitrogens with zero attached hydrogens (tertiary/aromatic N) is 7. The number of H-pyrrole nitrogens is 1. The number of benzene rings is 1. The Hall–Kier alpha value is -3.46. The molecule has 0 bridgehead atoms. The van der Waals surface area contributed by atoms with Crippen molar-refractivity contribution >= 4 is 34.2 Å². The molecule has 2 aromatic heterocycles. The van der Waals surface area contributed by atoms with Gasteiger partial charge in [0.25, 0.3) is 0 Å². The van der Waals surface area contributed by atoms with Crippen LogP contribution in [0, 0.1) is 16.7 Å². The van der Waals surface area contributed by atoms with Gasteiger partial charge in [-0.1, -0.05) is 0 Å². The monoisotopic (exact) mass is 503 g/mol. The highest BCUT2D eigenvalue weighted by molar-refractivity contribution is 5.90. The Morgan fingerprint density at radius 2 is 2.08 bits per heavy atom. The third-order valence-electron chi connectivity index (χ3n) is 8.32. The zero-order valence-electron chi connectivity index (χ0n) is 21.4. The number of hydrogen-bond donors (Lipinski definition) is 2. The van der Waals surface area contributed by atoms with Crippen LogP contribution in [0.15, 0.2) is 24.4 Å². The molecule has 1 spiro atoms. The molecular formula is C26H33N9O2. The van der Waals surface area contributed by atoms with E-state index in [1.165, 1.54) is 0 Å². The van der Waals surface area contributed by atoms with Crippen LogP contribution in [0.2, 0.25) is 0 Å². The van der Waals surface area contributed by atoms with Gasteiger partial charge in [-0.3, -0.25) is 5.10 Å². The largest absolute Gasteiger partial charge is 0.383 e. The molecular weight excluding hydrogens is 470 g/mol. The molecule has 194 valence electrons. The maximum atomic E-state index is 9.45. The number of anilines is 4. The molecule has 2 saturated heterocycles. The number of fused-ring (bicyclic) bond motifs is 2. The summed E-state index contributed by atoms with van der Waals surface area (Å²) in [5.41, 5.74) is 10.6. The smallest absolute Gasteiger partial charge is 0.183 e. The molecule has 2 atom stereocenters. The minimum Gasteiger partial charge on any atom is -0.383 e. The van der Waals surface area contributed by atoms with Crippen LogP contribution in [0.5, 0.6) is 0 Å². The van der Waals surface area contributed by atoms with Gasteiger partial charge in [0.2, 0.25) is 0 Å². The second-order valence-electron chi connectivity index (χ2n) is 10.3. The van der Waals surface area contributed by atoms with Crippen molar-refractivity contribution in [2.45, 2.75) is 31.9 Å². The first kappa shape index (κ1) is 23.9. The van der Waals surface area contributed by atoms with Gasteiger partial charge in [0, 0.05) is 51.3 Å². The molecule has 3 N–H and O–H groups in total. The second kappa shape index (κ2) is 9.45. The van der Waals surface area contributed by atoms with E-state index in [0.29, 0.717) is 17.8 Å². The van der Waals surface area contributed by atoms with Crippen molar-refractivity contribution in [3.63, 3.8) is 0 Å². The van der Waals surface area contributed by atoms with Gasteiger partial charge in [0.15, 0.2) is 17.0 Å². The van der Waals surface area contributed by atoms with Gasteiger partial charge < -0.3 is 29.9 Å². The first-order valence-corrected chi connectivity index (χ1v) is 12.9. The summed E-state index contributed by atoms with van der Waals surface area (Å²) in [6.45, 7) is 7.46. The zero-order chi connectivity index (χ0) is 25.6. The van der Waals surface area contributed by atoms with Crippen LogP contribution in [-0.4, -0.2) is 85.4 Å². The fourth-order valence-corrected chi connectivity index (χ4v) is 5.96. The van der Waals surface area contributed by atoms with Crippen molar-refractivity contribution in [1.29, 1.82) is 5.26 Å². The van der Waals surface area contributed by atoms with Gasteiger partial charge >= 0.3 is 0 Å². The van der Waals surface area contributed by atoms with Crippen molar-refractivity contribution in [2.24, 2.45) is 11.1 Å². The topological polar surface area (TPSA) is 132 Å². The number of nitrogens with one attached hydrogen (secondary N) is 1. The van der Waals surface area contributed by atoms with E-state index in [4.69, 9.17) is 25.2 Å². The van der Waals surface area contributed by atoms with E-state index in [2.05, 4.69) is 37.9 Å². The Morgan fingerprint density at radius 3 is 2.81 bits per heavy atom. The van der Waals surface area contributed by atoms with Gasteiger partial charge in [-0.05, 0) is 38.0 Å². The predicted octanol–water partition coefficient (Wildman–Crippen LogP) is 2.16. The first-order valence-electron chi connectivity index (χ1n) is 12.9. The summed E-state index contributed by atoms with van der Waals surface area (Å²) in [7, 11) is 1.70. The van der Waals surface area contributed by atoms with Crippen molar-refractivity contribution < 1.29 is 9.47 Å². The number of nitrogens with two attached hydrogens (primary N) is 1. The summed E-state index contributed by atoms with van der Waals surface area (Å²) in [5, 5.41) is 17.2. The molecule has 0 aliphatic carbocycles. The lowest BCUT2D eigenvalue weighted by Gasteiger charge is -2.41. The van der Waals surface area contributed by atoms with E-state index in [0.717, 1.165) is 80.7 Å². The quantitative estimate of drug-likeness (QED) is 0.534. The summed E-state index contributed by atoms with van der Waals surface area (Å²) in [4.78, 5) is 16.4. The van der Waals surface area contributed by atoms with Crippen LogP contribution >= 0.6 is 0 Å². The summed E-state index contributed by atoms with van der Waals surface area (Å²) in [6.07, 6.45) is 3.94. The van der Waals surface area contributed by atoms with E-state index in [1.807, 2.05) is 24.4 Å². The average Bonchev–Trinajstić information content (AvgIpc) is 3.48. The fraction of sp³-hybridized carbons (Fsp3) is 0.538. The second-order valence-corrected chi connectivity index (χ2v) is 10.3. The van der Waals surface area contributed by atoms with Crippen LogP contribution in [0.1, 0.15) is 25.3 Å². The lowest BCUT2D eigenvalue weighted by molar-refractivity contribution is 0.0974. The minimum atomic E-state index is 0.0683. The Bertz CT molecular complexity index is 1330. The van der Waals surface area contributed by atoms with Crippen molar-refractivity contribution in [3.8, 4) is 6.07 Å². The Balaban J connectivity index is 1.25. The number of rotatable bonds is 5. The van der Waals surface area contributed by atoms with Crippen LogP contribution in [0.3, 0.4) is 0 Å². The molecule has 1 aromatic carbocycles. The third-order valence-corrected chi connectivity index (χ3v) is 8.32. The molecule has 11 heteroatoms. The Labute approximate surface area is 216 Å². The number of nitriles is 1. The number of hydrogen-bond acceptors (Lipinski definition) is 10. The van der Waals surface area contributed by atoms with Crippen molar-refractivity contribution in [1.82, 2.24) is 20.2 Å². The summed E-state index contributed by atoms with van der Waals surface area (Å²) < 4.78 is 11.2. The Kier molecular flexibility index (Phi) is 6.10. The van der Waals surface area contributed by atoms with E-state index < -0.39 is 0 Å². The van der Waals surface area contributed by atoms with E-state index in [-0.39, 0.29) is 17.6 Å². The zero-order valence-corrected chi connectivity index (χ0v) is 21.4. The SMILES string of the molecule is COCCN1CCN(c2n[nH]c3nc(N4CCC5(CC4)CO[C@@H](C)[C@H]5N)cnc23)c2ccc(C#N)cc21. The van der Waals surface area contributed by atoms with Crippen molar-refractivity contribution in [3.05, 3.63) is 30.0 Å². The van der Waals surface area contributed by atoms with E-state index >= 15 is 0 Å². The summed E-state index contributed by atoms with van der Waals surface area (Å²) in [6, 6.07) is 8.09. The van der Waals surface area contributed by atoms with Crippen LogP contribution < -0.4 is 20.4 Å². The molecule has 0 radical (unpaired) electrons. The standard InChI is InChI=1S/C26H33N9O2/c1-17-23(28)26(16-37-17)5-7-34(8-6-26)21-15-29-22-24(30-21)31-32-25(22)35-10-9-33(11-12-36-2)20-13-18(14-27)3-4-19(20)35/h3-4,13,15,17,23H,5-12,16,28H2,1-2H3,(H,30,31,32)/t17-,23+/m0/s1. The molecule has 37 heavy (non-hydrogen) atoms. The molecule has 3 aliphatic rings. The summed E-state index contributed by atoms with van der Waals surface area (Å²) >= 11 is 0. The third kappa shape index (κ3) is 4.05. The van der Waals surface area contributed by atoms with E-state index in [9.17, 15) is 5.26 Å². The Morgan fingerprint density at radius 1 is 1.24 bits per heavy atom. The minimum absolute atomic E-state index is 0.0683. The van der Waals surface area contributed by atoms with E-state index in [1.54, 1.807) is 7.11 Å². The van der Waals surface area contributed by atoms with Gasteiger partial charge in [-0.25, -0.2) is 9.97 Å². The van der Waals surface area contributed by atoms with Crippen molar-refractivity contribution in [2.75, 3.05) is 67.7 Å². The number of ether oxygens (including phenoxy) is 2.